The number of Topliss-reactive ketones (excluding diaryl/α,β-unsaturated/α-hetero) is 1. The number of ketones is 1. The number of carbonyl (C=O) groups is 1. The molecule has 0 aromatic heterocycles. The predicted molar refractivity (Wildman–Crippen MR) is 64.4 cm³/mol. The molecule has 0 unspecified atom stereocenters. The molecule has 1 aromatic rings. The van der Waals surface area contributed by atoms with Crippen molar-refractivity contribution in [1.82, 2.24) is 5.43 Å². The minimum atomic E-state index is -0.275. The highest BCUT2D eigenvalue weighted by molar-refractivity contribution is 6.44. The number of epoxide rings is 1. The van der Waals surface area contributed by atoms with Crippen LogP contribution in [0.1, 0.15) is 11.5 Å². The largest absolute Gasteiger partial charge is 0.364 e. The quantitative estimate of drug-likeness (QED) is 0.824. The van der Waals surface area contributed by atoms with Gasteiger partial charge in [-0.25, -0.2) is 0 Å². The molecule has 0 radical (unpaired) electrons. The fraction of sp³-hybridized carbons (Fsp3) is 0.333. The first-order chi connectivity index (χ1) is 8.25. The lowest BCUT2D eigenvalue weighted by molar-refractivity contribution is -0.114. The number of halogens is 1. The molecule has 4 nitrogen and oxygen atoms in total. The van der Waals surface area contributed by atoms with E-state index in [0.29, 0.717) is 23.9 Å². The van der Waals surface area contributed by atoms with E-state index >= 15 is 0 Å². The number of nitrogens with one attached hydrogen (secondary N) is 1. The topological polar surface area (TPSA) is 54.0 Å². The monoisotopic (exact) mass is 250 g/mol. The highest BCUT2D eigenvalue weighted by Crippen LogP contribution is 2.25. The first kappa shape index (κ1) is 10.7. The lowest BCUT2D eigenvalue weighted by atomic mass is 9.92. The van der Waals surface area contributed by atoms with Gasteiger partial charge in [-0.3, -0.25) is 4.79 Å². The van der Waals surface area contributed by atoms with Gasteiger partial charge in [-0.05, 0) is 17.7 Å². The Morgan fingerprint density at radius 1 is 1.41 bits per heavy atom. The Labute approximate surface area is 104 Å². The van der Waals surface area contributed by atoms with E-state index in [1.807, 2.05) is 24.3 Å². The Morgan fingerprint density at radius 2 is 2.12 bits per heavy atom. The van der Waals surface area contributed by atoms with Crippen molar-refractivity contribution in [2.75, 3.05) is 13.2 Å². The molecule has 17 heavy (non-hydrogen) atoms. The molecule has 88 valence electrons. The molecule has 2 aliphatic heterocycles. The Kier molecular flexibility index (Phi) is 2.61. The van der Waals surface area contributed by atoms with E-state index in [2.05, 4.69) is 10.5 Å². The van der Waals surface area contributed by atoms with Crippen molar-refractivity contribution in [2.45, 2.75) is 12.0 Å². The van der Waals surface area contributed by atoms with Crippen LogP contribution in [-0.4, -0.2) is 30.8 Å². The summed E-state index contributed by atoms with van der Waals surface area (Å²) in [6.45, 7) is 1.17. The number of hydrogen-bond donors (Lipinski definition) is 1. The third-order valence-corrected chi connectivity index (χ3v) is 3.23. The van der Waals surface area contributed by atoms with Crippen LogP contribution >= 0.6 is 11.6 Å². The van der Waals surface area contributed by atoms with Crippen LogP contribution in [0.3, 0.4) is 0 Å². The van der Waals surface area contributed by atoms with Gasteiger partial charge in [-0.2, -0.15) is 5.10 Å². The van der Waals surface area contributed by atoms with Gasteiger partial charge in [0.15, 0.2) is 0 Å². The molecule has 1 aromatic carbocycles. The molecule has 2 aliphatic rings. The van der Waals surface area contributed by atoms with Crippen molar-refractivity contribution in [3.8, 4) is 0 Å². The first-order valence-corrected chi connectivity index (χ1v) is 5.85. The fourth-order valence-electron chi connectivity index (χ4n) is 1.96. The normalized spacial score (nSPS) is 26.3. The first-order valence-electron chi connectivity index (χ1n) is 5.47. The summed E-state index contributed by atoms with van der Waals surface area (Å²) < 4.78 is 5.01. The van der Waals surface area contributed by atoms with Crippen LogP contribution in [0.2, 0.25) is 5.02 Å². The molecule has 5 heteroatoms. The Bertz CT molecular complexity index is 480. The maximum absolute atomic E-state index is 11.9. The van der Waals surface area contributed by atoms with E-state index in [4.69, 9.17) is 16.3 Å². The number of hydrogen-bond acceptors (Lipinski definition) is 4. The molecule has 0 saturated carbocycles. The van der Waals surface area contributed by atoms with Gasteiger partial charge in [0.1, 0.15) is 11.8 Å². The number of benzene rings is 1. The van der Waals surface area contributed by atoms with Crippen LogP contribution in [0.25, 0.3) is 0 Å². The van der Waals surface area contributed by atoms with Crippen molar-refractivity contribution >= 4 is 23.1 Å². The Morgan fingerprint density at radius 3 is 2.76 bits per heavy atom. The molecule has 0 spiro atoms. The van der Waals surface area contributed by atoms with Crippen LogP contribution < -0.4 is 5.43 Å². The lowest BCUT2D eigenvalue weighted by Gasteiger charge is -2.10. The van der Waals surface area contributed by atoms with Crippen LogP contribution in [0.15, 0.2) is 29.4 Å². The van der Waals surface area contributed by atoms with Crippen LogP contribution in [0, 0.1) is 0 Å². The number of hydrazone groups is 1. The zero-order valence-corrected chi connectivity index (χ0v) is 9.78. The molecule has 0 amide bonds. The van der Waals surface area contributed by atoms with Gasteiger partial charge in [0.25, 0.3) is 0 Å². The van der Waals surface area contributed by atoms with E-state index in [0.717, 1.165) is 5.56 Å². The van der Waals surface area contributed by atoms with E-state index in [9.17, 15) is 4.79 Å². The molecule has 1 fully saturated rings. The molecule has 0 bridgehead atoms. The second-order valence-corrected chi connectivity index (χ2v) is 4.59. The average Bonchev–Trinajstić information content (AvgIpc) is 3.07. The van der Waals surface area contributed by atoms with Crippen molar-refractivity contribution < 1.29 is 9.53 Å². The van der Waals surface area contributed by atoms with Crippen LogP contribution in [0.5, 0.6) is 0 Å². The Hall–Kier alpha value is -1.39. The van der Waals surface area contributed by atoms with Crippen molar-refractivity contribution in [3.05, 3.63) is 34.9 Å². The van der Waals surface area contributed by atoms with Crippen molar-refractivity contribution in [2.24, 2.45) is 5.10 Å². The van der Waals surface area contributed by atoms with Gasteiger partial charge < -0.3 is 10.2 Å². The number of nitrogens with zero attached hydrogens (tertiary/aromatic N) is 1. The van der Waals surface area contributed by atoms with Gasteiger partial charge in [0, 0.05) is 11.6 Å². The minimum Gasteiger partial charge on any atom is -0.364 e. The summed E-state index contributed by atoms with van der Waals surface area (Å²) in [5.74, 6) is -0.00100. The molecule has 3 rings (SSSR count). The maximum Gasteiger partial charge on any atom is 0.210 e. The molecular weight excluding hydrogens is 240 g/mol. The summed E-state index contributed by atoms with van der Waals surface area (Å²) in [4.78, 5) is 11.9. The summed E-state index contributed by atoms with van der Waals surface area (Å²) in [6.07, 6.45) is -0.275. The van der Waals surface area contributed by atoms with E-state index in [1.165, 1.54) is 0 Å². The van der Waals surface area contributed by atoms with Gasteiger partial charge in [-0.15, -0.1) is 0 Å². The van der Waals surface area contributed by atoms with Gasteiger partial charge in [0.05, 0.1) is 12.5 Å². The SMILES string of the molecule is O=C(C1=NNC[C@H]1c1ccc(Cl)cc1)[C@@H]1CO1. The van der Waals surface area contributed by atoms with Gasteiger partial charge >= 0.3 is 0 Å². The van der Waals surface area contributed by atoms with Crippen LogP contribution in [-0.2, 0) is 9.53 Å². The zero-order valence-electron chi connectivity index (χ0n) is 9.02. The van der Waals surface area contributed by atoms with E-state index < -0.39 is 0 Å². The summed E-state index contributed by atoms with van der Waals surface area (Å²) in [7, 11) is 0. The minimum absolute atomic E-state index is 0.00367. The number of rotatable bonds is 3. The number of ether oxygens (including phenoxy) is 1. The lowest BCUT2D eigenvalue weighted by Crippen LogP contribution is -2.25. The van der Waals surface area contributed by atoms with Gasteiger partial charge in [0.2, 0.25) is 5.78 Å². The maximum atomic E-state index is 11.9. The highest BCUT2D eigenvalue weighted by atomic mass is 35.5. The zero-order chi connectivity index (χ0) is 11.8. The van der Waals surface area contributed by atoms with Gasteiger partial charge in [-0.1, -0.05) is 23.7 Å². The van der Waals surface area contributed by atoms with E-state index in [1.54, 1.807) is 0 Å². The fourth-order valence-corrected chi connectivity index (χ4v) is 2.08. The second-order valence-electron chi connectivity index (χ2n) is 4.15. The highest BCUT2D eigenvalue weighted by Gasteiger charge is 2.39. The number of carbonyl (C=O) groups excluding carboxylic acids is 1. The Balaban J connectivity index is 1.85. The molecule has 2 atom stereocenters. The molecule has 1 saturated heterocycles. The summed E-state index contributed by atoms with van der Waals surface area (Å²) in [5, 5.41) is 4.77. The predicted octanol–water partition coefficient (Wildman–Crippen LogP) is 1.35. The third-order valence-electron chi connectivity index (χ3n) is 2.98. The smallest absolute Gasteiger partial charge is 0.210 e. The molecular formula is C12H11ClN2O2. The standard InChI is InChI=1S/C12H11ClN2O2/c13-8-3-1-7(2-4-8)9-5-14-15-11(9)12(16)10-6-17-10/h1-4,9-10,14H,5-6H2/t9-,10-/m0/s1. The summed E-state index contributed by atoms with van der Waals surface area (Å²) >= 11 is 5.84. The summed E-state index contributed by atoms with van der Waals surface area (Å²) in [6, 6.07) is 7.50. The third kappa shape index (κ3) is 2.06. The summed E-state index contributed by atoms with van der Waals surface area (Å²) in [5.41, 5.74) is 4.49. The molecule has 2 heterocycles. The van der Waals surface area contributed by atoms with Crippen molar-refractivity contribution in [3.63, 3.8) is 0 Å². The van der Waals surface area contributed by atoms with Crippen LogP contribution in [0.4, 0.5) is 0 Å². The molecule has 0 aliphatic carbocycles. The van der Waals surface area contributed by atoms with E-state index in [-0.39, 0.29) is 17.8 Å². The average molecular weight is 251 g/mol. The van der Waals surface area contributed by atoms with Crippen molar-refractivity contribution in [1.29, 1.82) is 0 Å². The molecule has 1 N–H and O–H groups in total. The second kappa shape index (κ2) is 4.13.